The standard InChI is InChI=1S/C2H7N.2BrH.Pb/c1-2-3;;;/h2-3H2,1H3;2*1H;/q;;;+2/p-2. The van der Waals surface area contributed by atoms with E-state index in [9.17, 15) is 0 Å². The van der Waals surface area contributed by atoms with Crippen molar-refractivity contribution in [3.63, 3.8) is 0 Å². The van der Waals surface area contributed by atoms with Gasteiger partial charge in [0.2, 0.25) is 0 Å². The van der Waals surface area contributed by atoms with Gasteiger partial charge in [-0.05, 0) is 6.54 Å². The molecule has 0 aromatic heterocycles. The summed E-state index contributed by atoms with van der Waals surface area (Å²) in [6.45, 7) is 2.65. The van der Waals surface area contributed by atoms with Gasteiger partial charge in [0, 0.05) is 0 Å². The van der Waals surface area contributed by atoms with E-state index in [0.717, 1.165) is 6.54 Å². The van der Waals surface area contributed by atoms with Crippen molar-refractivity contribution in [3.8, 4) is 0 Å². The summed E-state index contributed by atoms with van der Waals surface area (Å²) in [4.78, 5) is 0. The average molecular weight is 412 g/mol. The van der Waals surface area contributed by atoms with E-state index in [1.54, 1.807) is 0 Å². The third-order valence-electron chi connectivity index (χ3n) is 0. The van der Waals surface area contributed by atoms with E-state index in [1.165, 1.54) is 0 Å². The molecular formula is C2H7Br2NPb. The van der Waals surface area contributed by atoms with Crippen LogP contribution < -0.4 is 5.73 Å². The molecule has 4 heteroatoms. The van der Waals surface area contributed by atoms with Crippen LogP contribution in [0, 0.1) is 0 Å². The molecule has 0 fully saturated rings. The minimum atomic E-state index is -0.292. The van der Waals surface area contributed by atoms with Crippen LogP contribution in [0.1, 0.15) is 6.92 Å². The predicted molar refractivity (Wildman–Crippen MR) is 38.3 cm³/mol. The van der Waals surface area contributed by atoms with Crippen LogP contribution in [0.3, 0.4) is 0 Å². The second-order valence-electron chi connectivity index (χ2n) is 0.480. The summed E-state index contributed by atoms with van der Waals surface area (Å²) in [6.07, 6.45) is 0. The molecule has 1 nitrogen and oxygen atoms in total. The Morgan fingerprint density at radius 1 is 1.67 bits per heavy atom. The van der Waals surface area contributed by atoms with Crippen molar-refractivity contribution in [3.05, 3.63) is 0 Å². The van der Waals surface area contributed by atoms with Crippen molar-refractivity contribution in [2.24, 2.45) is 5.73 Å². The van der Waals surface area contributed by atoms with Crippen molar-refractivity contribution in [2.75, 3.05) is 6.54 Å². The molecule has 0 spiro atoms. The molecule has 0 atom stereocenters. The molecule has 0 bridgehead atoms. The van der Waals surface area contributed by atoms with Gasteiger partial charge >= 0.3 is 43.4 Å². The summed E-state index contributed by atoms with van der Waals surface area (Å²) in [6, 6.07) is 0. The Morgan fingerprint density at radius 3 is 1.67 bits per heavy atom. The third-order valence-corrected chi connectivity index (χ3v) is 0. The first-order valence-corrected chi connectivity index (χ1v) is 18.3. The SMILES string of the molecule is CCN.[Br][Pb][Br]. The molecule has 0 heterocycles. The van der Waals surface area contributed by atoms with Crippen LogP contribution in [0.25, 0.3) is 0 Å². The zero-order valence-corrected chi connectivity index (χ0v) is 10.6. The Kier molecular flexibility index (Phi) is 28.4. The van der Waals surface area contributed by atoms with E-state index >= 15 is 0 Å². The molecule has 0 saturated heterocycles. The summed E-state index contributed by atoms with van der Waals surface area (Å²) in [5.74, 6) is 0. The van der Waals surface area contributed by atoms with E-state index < -0.39 is 0 Å². The fourth-order valence-electron chi connectivity index (χ4n) is 0. The van der Waals surface area contributed by atoms with Gasteiger partial charge < -0.3 is 5.73 Å². The fraction of sp³-hybridized carbons (Fsp3) is 1.00. The zero-order chi connectivity index (χ0) is 5.41. The van der Waals surface area contributed by atoms with Crippen LogP contribution in [-0.4, -0.2) is 26.0 Å². The number of hydrogen-bond acceptors (Lipinski definition) is 1. The zero-order valence-electron chi connectivity index (χ0n) is 3.54. The molecular weight excluding hydrogens is 405 g/mol. The van der Waals surface area contributed by atoms with E-state index in [2.05, 4.69) is 24.0 Å². The number of hydrogen-bond donors (Lipinski definition) is 1. The maximum atomic E-state index is 4.85. The quantitative estimate of drug-likeness (QED) is 0.597. The van der Waals surface area contributed by atoms with Gasteiger partial charge in [-0.3, -0.25) is 0 Å². The number of nitrogens with two attached hydrogens (primary N) is 1. The van der Waals surface area contributed by atoms with Crippen LogP contribution in [0.2, 0.25) is 0 Å². The summed E-state index contributed by atoms with van der Waals surface area (Å²) in [7, 11) is 0. The topological polar surface area (TPSA) is 26.0 Å². The van der Waals surface area contributed by atoms with Crippen LogP contribution in [0.4, 0.5) is 0 Å². The van der Waals surface area contributed by atoms with E-state index in [1.807, 2.05) is 6.92 Å². The van der Waals surface area contributed by atoms with Gasteiger partial charge in [-0.15, -0.1) is 0 Å². The molecule has 2 N–H and O–H groups in total. The fourth-order valence-corrected chi connectivity index (χ4v) is 0. The molecule has 0 unspecified atom stereocenters. The molecule has 0 amide bonds. The molecule has 0 saturated carbocycles. The predicted octanol–water partition coefficient (Wildman–Crippen LogP) is 1.28. The second-order valence-corrected chi connectivity index (χ2v) is 17.3. The molecule has 0 aromatic rings. The Morgan fingerprint density at radius 2 is 1.67 bits per heavy atom. The molecule has 6 heavy (non-hydrogen) atoms. The van der Waals surface area contributed by atoms with Gasteiger partial charge in [-0.25, -0.2) is 0 Å². The average Bonchev–Trinajstić information content (AvgIpc) is 1.39. The van der Waals surface area contributed by atoms with E-state index in [-0.39, 0.29) is 19.4 Å². The van der Waals surface area contributed by atoms with E-state index in [0.29, 0.717) is 0 Å². The van der Waals surface area contributed by atoms with Crippen LogP contribution in [-0.2, 0) is 0 Å². The normalized spacial score (nSPS) is 6.00. The molecule has 0 rings (SSSR count). The van der Waals surface area contributed by atoms with Crippen LogP contribution in [0.15, 0.2) is 0 Å². The second kappa shape index (κ2) is 15.8. The van der Waals surface area contributed by atoms with Gasteiger partial charge in [0.1, 0.15) is 0 Å². The molecule has 38 valence electrons. The van der Waals surface area contributed by atoms with Gasteiger partial charge in [-0.1, -0.05) is 6.92 Å². The Bertz CT molecular complexity index is 13.5. The first-order valence-electron chi connectivity index (χ1n) is 1.49. The van der Waals surface area contributed by atoms with Crippen molar-refractivity contribution in [1.82, 2.24) is 0 Å². The maximum absolute atomic E-state index is 4.85. The molecule has 0 aliphatic carbocycles. The third kappa shape index (κ3) is 40.4. The van der Waals surface area contributed by atoms with Gasteiger partial charge in [0.05, 0.1) is 0 Å². The van der Waals surface area contributed by atoms with Gasteiger partial charge in [0.15, 0.2) is 0 Å². The molecule has 0 aromatic carbocycles. The first kappa shape index (κ1) is 10.8. The van der Waals surface area contributed by atoms with Crippen LogP contribution >= 0.6 is 24.0 Å². The Balaban J connectivity index is 0. The summed E-state index contributed by atoms with van der Waals surface area (Å²) >= 11 is 6.22. The Hall–Kier alpha value is 1.84. The van der Waals surface area contributed by atoms with Crippen molar-refractivity contribution in [1.29, 1.82) is 0 Å². The Labute approximate surface area is 61.9 Å². The first-order chi connectivity index (χ1) is 2.83. The molecule has 0 aliphatic rings. The minimum absolute atomic E-state index is 0.292. The van der Waals surface area contributed by atoms with Crippen molar-refractivity contribution in [2.45, 2.75) is 6.92 Å². The van der Waals surface area contributed by atoms with Crippen LogP contribution in [0.5, 0.6) is 0 Å². The summed E-state index contributed by atoms with van der Waals surface area (Å²) in [5, 5.41) is 0. The molecule has 0 aliphatic heterocycles. The van der Waals surface area contributed by atoms with E-state index in [4.69, 9.17) is 5.73 Å². The molecule has 2 radical (unpaired) electrons. The van der Waals surface area contributed by atoms with Gasteiger partial charge in [0.25, 0.3) is 0 Å². The van der Waals surface area contributed by atoms with Crippen molar-refractivity contribution < 1.29 is 0 Å². The van der Waals surface area contributed by atoms with Gasteiger partial charge in [-0.2, -0.15) is 0 Å². The summed E-state index contributed by atoms with van der Waals surface area (Å²) < 4.78 is 0. The monoisotopic (exact) mass is 411 g/mol. The number of rotatable bonds is 0. The summed E-state index contributed by atoms with van der Waals surface area (Å²) in [5.41, 5.74) is 4.85. The number of halogens is 2. The van der Waals surface area contributed by atoms with Crippen molar-refractivity contribution >= 4 is 43.4 Å².